The van der Waals surface area contributed by atoms with Crippen molar-refractivity contribution < 1.29 is 9.13 Å². The maximum Gasteiger partial charge on any atom is 0.123 e. The summed E-state index contributed by atoms with van der Waals surface area (Å²) in [6.45, 7) is 5.87. The first-order chi connectivity index (χ1) is 7.66. The number of benzene rings is 1. The molecule has 0 saturated carbocycles. The summed E-state index contributed by atoms with van der Waals surface area (Å²) in [6.07, 6.45) is 0.0352. The van der Waals surface area contributed by atoms with Gasteiger partial charge in [-0.3, -0.25) is 0 Å². The van der Waals surface area contributed by atoms with Gasteiger partial charge in [-0.05, 0) is 30.5 Å². The molecular weight excluding hydrogens is 205 g/mol. The van der Waals surface area contributed by atoms with E-state index in [1.807, 2.05) is 0 Å². The molecule has 1 aliphatic rings. The van der Waals surface area contributed by atoms with Gasteiger partial charge in [-0.25, -0.2) is 4.39 Å². The molecule has 1 aromatic rings. The highest BCUT2D eigenvalue weighted by atomic mass is 19.1. The number of nitrogens with one attached hydrogen (secondary N) is 1. The highest BCUT2D eigenvalue weighted by molar-refractivity contribution is 5.19. The zero-order valence-corrected chi connectivity index (χ0v) is 9.74. The third-order valence-electron chi connectivity index (χ3n) is 3.28. The molecule has 88 valence electrons. The van der Waals surface area contributed by atoms with E-state index in [0.717, 1.165) is 18.7 Å². The Balaban J connectivity index is 2.07. The van der Waals surface area contributed by atoms with Crippen LogP contribution in [0.4, 0.5) is 4.39 Å². The van der Waals surface area contributed by atoms with E-state index >= 15 is 0 Å². The Kier molecular flexibility index (Phi) is 3.56. The van der Waals surface area contributed by atoms with Crippen LogP contribution in [0, 0.1) is 11.7 Å². The van der Waals surface area contributed by atoms with Crippen LogP contribution >= 0.6 is 0 Å². The third kappa shape index (κ3) is 2.60. The molecule has 2 nitrogen and oxygen atoms in total. The normalized spacial score (nSPS) is 31.1. The number of hydrogen-bond donors (Lipinski definition) is 1. The van der Waals surface area contributed by atoms with E-state index < -0.39 is 0 Å². The molecule has 0 aromatic heterocycles. The molecule has 3 atom stereocenters. The van der Waals surface area contributed by atoms with Crippen LogP contribution in [-0.4, -0.2) is 19.2 Å². The van der Waals surface area contributed by atoms with Gasteiger partial charge in [0, 0.05) is 12.6 Å². The molecule has 3 heteroatoms. The maximum atomic E-state index is 12.8. The minimum Gasteiger partial charge on any atom is -0.372 e. The second kappa shape index (κ2) is 4.93. The molecule has 0 radical (unpaired) electrons. The molecule has 1 N–H and O–H groups in total. The lowest BCUT2D eigenvalue weighted by Crippen LogP contribution is -2.32. The summed E-state index contributed by atoms with van der Waals surface area (Å²) in [5.74, 6) is 0.303. The van der Waals surface area contributed by atoms with E-state index in [9.17, 15) is 4.39 Å². The average Bonchev–Trinajstić information content (AvgIpc) is 2.44. The smallest absolute Gasteiger partial charge is 0.123 e. The van der Waals surface area contributed by atoms with E-state index in [1.54, 1.807) is 12.1 Å². The van der Waals surface area contributed by atoms with Crippen LogP contribution in [0.15, 0.2) is 24.3 Å². The van der Waals surface area contributed by atoms with Crippen molar-refractivity contribution in [3.63, 3.8) is 0 Å². The standard InChI is InChI=1S/C13H18FNO/c1-9-8-16-13(7-15-10(9)2)11-3-5-12(14)6-4-11/h3-6,9-10,13,15H,7-8H2,1-2H3. The van der Waals surface area contributed by atoms with Crippen molar-refractivity contribution in [2.24, 2.45) is 5.92 Å². The first-order valence-corrected chi connectivity index (χ1v) is 5.77. The Labute approximate surface area is 95.8 Å². The van der Waals surface area contributed by atoms with Gasteiger partial charge in [-0.15, -0.1) is 0 Å². The molecule has 1 fully saturated rings. The summed E-state index contributed by atoms with van der Waals surface area (Å²) < 4.78 is 18.6. The lowest BCUT2D eigenvalue weighted by molar-refractivity contribution is 0.0496. The molecule has 1 saturated heterocycles. The summed E-state index contributed by atoms with van der Waals surface area (Å²) >= 11 is 0. The zero-order chi connectivity index (χ0) is 11.5. The van der Waals surface area contributed by atoms with Gasteiger partial charge in [-0.1, -0.05) is 19.1 Å². The van der Waals surface area contributed by atoms with Gasteiger partial charge in [0.2, 0.25) is 0 Å². The van der Waals surface area contributed by atoms with Crippen LogP contribution in [0.2, 0.25) is 0 Å². The molecule has 0 amide bonds. The fraction of sp³-hybridized carbons (Fsp3) is 0.538. The second-order valence-corrected chi connectivity index (χ2v) is 4.55. The first kappa shape index (κ1) is 11.6. The van der Waals surface area contributed by atoms with E-state index in [-0.39, 0.29) is 11.9 Å². The monoisotopic (exact) mass is 223 g/mol. The predicted octanol–water partition coefficient (Wildman–Crippen LogP) is 2.51. The third-order valence-corrected chi connectivity index (χ3v) is 3.28. The summed E-state index contributed by atoms with van der Waals surface area (Å²) in [6, 6.07) is 7.02. The Morgan fingerprint density at radius 2 is 1.94 bits per heavy atom. The van der Waals surface area contributed by atoms with Gasteiger partial charge in [0.1, 0.15) is 5.82 Å². The lowest BCUT2D eigenvalue weighted by atomic mass is 10.1. The Hall–Kier alpha value is -0.930. The molecule has 16 heavy (non-hydrogen) atoms. The van der Waals surface area contributed by atoms with Crippen molar-refractivity contribution in [1.82, 2.24) is 5.32 Å². The molecule has 1 heterocycles. The maximum absolute atomic E-state index is 12.8. The highest BCUT2D eigenvalue weighted by Crippen LogP contribution is 2.21. The predicted molar refractivity (Wildman–Crippen MR) is 61.7 cm³/mol. The molecule has 1 aliphatic heterocycles. The summed E-state index contributed by atoms with van der Waals surface area (Å²) in [7, 11) is 0. The molecule has 0 bridgehead atoms. The van der Waals surface area contributed by atoms with Crippen molar-refractivity contribution in [2.75, 3.05) is 13.2 Å². The average molecular weight is 223 g/mol. The Morgan fingerprint density at radius 3 is 2.62 bits per heavy atom. The van der Waals surface area contributed by atoms with Gasteiger partial charge in [0.05, 0.1) is 12.7 Å². The van der Waals surface area contributed by atoms with Gasteiger partial charge in [-0.2, -0.15) is 0 Å². The van der Waals surface area contributed by atoms with Crippen LogP contribution < -0.4 is 5.32 Å². The molecule has 1 aromatic carbocycles. The van der Waals surface area contributed by atoms with Crippen LogP contribution in [0.5, 0.6) is 0 Å². The summed E-state index contributed by atoms with van der Waals surface area (Å²) in [4.78, 5) is 0. The summed E-state index contributed by atoms with van der Waals surface area (Å²) in [5.41, 5.74) is 1.04. The fourth-order valence-electron chi connectivity index (χ4n) is 1.86. The van der Waals surface area contributed by atoms with E-state index in [1.165, 1.54) is 12.1 Å². The minimum absolute atomic E-state index is 0.0352. The second-order valence-electron chi connectivity index (χ2n) is 4.55. The van der Waals surface area contributed by atoms with Crippen molar-refractivity contribution in [2.45, 2.75) is 26.0 Å². The molecule has 2 rings (SSSR count). The van der Waals surface area contributed by atoms with Crippen LogP contribution in [-0.2, 0) is 4.74 Å². The SMILES string of the molecule is CC1COC(c2ccc(F)cc2)CNC1C. The van der Waals surface area contributed by atoms with Gasteiger partial charge in [0.25, 0.3) is 0 Å². The van der Waals surface area contributed by atoms with Crippen LogP contribution in [0.3, 0.4) is 0 Å². The summed E-state index contributed by atoms with van der Waals surface area (Å²) in [5, 5.41) is 3.44. The van der Waals surface area contributed by atoms with E-state index in [2.05, 4.69) is 19.2 Å². The minimum atomic E-state index is -0.202. The number of halogens is 1. The number of ether oxygens (including phenoxy) is 1. The zero-order valence-electron chi connectivity index (χ0n) is 9.74. The fourth-order valence-corrected chi connectivity index (χ4v) is 1.86. The highest BCUT2D eigenvalue weighted by Gasteiger charge is 2.22. The number of rotatable bonds is 1. The quantitative estimate of drug-likeness (QED) is 0.790. The van der Waals surface area contributed by atoms with Crippen molar-refractivity contribution >= 4 is 0 Å². The van der Waals surface area contributed by atoms with Gasteiger partial charge < -0.3 is 10.1 Å². The topological polar surface area (TPSA) is 21.3 Å². The van der Waals surface area contributed by atoms with Crippen LogP contribution in [0.1, 0.15) is 25.5 Å². The van der Waals surface area contributed by atoms with Gasteiger partial charge >= 0.3 is 0 Å². The molecule has 3 unspecified atom stereocenters. The van der Waals surface area contributed by atoms with Crippen molar-refractivity contribution in [3.8, 4) is 0 Å². The molecular formula is C13H18FNO. The lowest BCUT2D eigenvalue weighted by Gasteiger charge is -2.15. The molecule has 0 aliphatic carbocycles. The Morgan fingerprint density at radius 1 is 1.25 bits per heavy atom. The van der Waals surface area contributed by atoms with Gasteiger partial charge in [0.15, 0.2) is 0 Å². The van der Waals surface area contributed by atoms with E-state index in [4.69, 9.17) is 4.74 Å². The Bertz CT molecular complexity index is 326. The van der Waals surface area contributed by atoms with Crippen molar-refractivity contribution in [3.05, 3.63) is 35.6 Å². The van der Waals surface area contributed by atoms with Crippen LogP contribution in [0.25, 0.3) is 0 Å². The number of hydrogen-bond acceptors (Lipinski definition) is 2. The molecule has 0 spiro atoms. The first-order valence-electron chi connectivity index (χ1n) is 5.77. The van der Waals surface area contributed by atoms with Crippen molar-refractivity contribution in [1.29, 1.82) is 0 Å². The largest absolute Gasteiger partial charge is 0.372 e. The van der Waals surface area contributed by atoms with E-state index in [0.29, 0.717) is 12.0 Å².